The first-order chi connectivity index (χ1) is 6.72. The first kappa shape index (κ1) is 13.2. The van der Waals surface area contributed by atoms with Crippen LogP contribution in [0, 0.1) is 0 Å². The van der Waals surface area contributed by atoms with Crippen molar-refractivity contribution in [1.82, 2.24) is 10.2 Å². The van der Waals surface area contributed by atoms with Gasteiger partial charge in [0.2, 0.25) is 0 Å². The Bertz CT molecular complexity index is 151. The summed E-state index contributed by atoms with van der Waals surface area (Å²) in [6, 6.07) is -0.0156. The SMILES string of the molecule is CCCCNC(=O)N(C)CCOCC. The number of hydrogen-bond acceptors (Lipinski definition) is 2. The van der Waals surface area contributed by atoms with Crippen LogP contribution in [0.15, 0.2) is 0 Å². The monoisotopic (exact) mass is 202 g/mol. The molecule has 1 N–H and O–H groups in total. The van der Waals surface area contributed by atoms with E-state index in [2.05, 4.69) is 12.2 Å². The van der Waals surface area contributed by atoms with Crippen LogP contribution in [0.5, 0.6) is 0 Å². The minimum Gasteiger partial charge on any atom is -0.380 e. The molecule has 0 unspecified atom stereocenters. The fourth-order valence-electron chi connectivity index (χ4n) is 0.954. The second-order valence-corrected chi connectivity index (χ2v) is 3.20. The van der Waals surface area contributed by atoms with Crippen LogP contribution in [0.2, 0.25) is 0 Å². The molecular weight excluding hydrogens is 180 g/mol. The molecule has 2 amide bonds. The third kappa shape index (κ3) is 6.71. The Morgan fingerprint density at radius 1 is 1.43 bits per heavy atom. The van der Waals surface area contributed by atoms with E-state index in [1.807, 2.05) is 6.92 Å². The molecule has 0 radical (unpaired) electrons. The number of amides is 2. The minimum atomic E-state index is -0.0156. The van der Waals surface area contributed by atoms with E-state index in [1.54, 1.807) is 11.9 Å². The summed E-state index contributed by atoms with van der Waals surface area (Å²) in [5, 5.41) is 2.84. The van der Waals surface area contributed by atoms with Gasteiger partial charge in [-0.3, -0.25) is 0 Å². The normalized spacial score (nSPS) is 9.93. The fourth-order valence-corrected chi connectivity index (χ4v) is 0.954. The van der Waals surface area contributed by atoms with Crippen LogP contribution in [0.25, 0.3) is 0 Å². The summed E-state index contributed by atoms with van der Waals surface area (Å²) in [6.45, 7) is 6.76. The smallest absolute Gasteiger partial charge is 0.317 e. The second-order valence-electron chi connectivity index (χ2n) is 3.20. The zero-order chi connectivity index (χ0) is 10.8. The Morgan fingerprint density at radius 3 is 2.71 bits per heavy atom. The van der Waals surface area contributed by atoms with E-state index in [1.165, 1.54) is 0 Å². The molecule has 0 aromatic carbocycles. The molecule has 0 saturated heterocycles. The van der Waals surface area contributed by atoms with Crippen molar-refractivity contribution in [1.29, 1.82) is 0 Å². The molecule has 0 atom stereocenters. The first-order valence-electron chi connectivity index (χ1n) is 5.29. The lowest BCUT2D eigenvalue weighted by molar-refractivity contribution is 0.126. The van der Waals surface area contributed by atoms with Crippen molar-refractivity contribution >= 4 is 6.03 Å². The van der Waals surface area contributed by atoms with Gasteiger partial charge in [0.25, 0.3) is 0 Å². The number of carbonyl (C=O) groups is 1. The number of nitrogens with zero attached hydrogens (tertiary/aromatic N) is 1. The van der Waals surface area contributed by atoms with Crippen molar-refractivity contribution in [2.24, 2.45) is 0 Å². The van der Waals surface area contributed by atoms with E-state index < -0.39 is 0 Å². The van der Waals surface area contributed by atoms with Gasteiger partial charge < -0.3 is 15.0 Å². The lowest BCUT2D eigenvalue weighted by atomic mass is 10.3. The Balaban J connectivity index is 3.44. The van der Waals surface area contributed by atoms with Gasteiger partial charge in [-0.05, 0) is 13.3 Å². The molecular formula is C10H22N2O2. The highest BCUT2D eigenvalue weighted by molar-refractivity contribution is 5.73. The number of rotatable bonds is 7. The molecule has 0 aromatic rings. The van der Waals surface area contributed by atoms with E-state index in [0.717, 1.165) is 19.4 Å². The maximum Gasteiger partial charge on any atom is 0.317 e. The van der Waals surface area contributed by atoms with E-state index in [9.17, 15) is 4.79 Å². The van der Waals surface area contributed by atoms with Gasteiger partial charge in [0, 0.05) is 26.7 Å². The number of ether oxygens (including phenoxy) is 1. The molecule has 0 bridgehead atoms. The van der Waals surface area contributed by atoms with Gasteiger partial charge >= 0.3 is 6.03 Å². The number of unbranched alkanes of at least 4 members (excludes halogenated alkanes) is 1. The molecule has 0 aliphatic rings. The van der Waals surface area contributed by atoms with Crippen molar-refractivity contribution < 1.29 is 9.53 Å². The van der Waals surface area contributed by atoms with Crippen LogP contribution in [0.4, 0.5) is 4.79 Å². The van der Waals surface area contributed by atoms with Crippen LogP contribution in [-0.4, -0.2) is 44.3 Å². The molecule has 0 saturated carbocycles. The molecule has 0 rings (SSSR count). The largest absolute Gasteiger partial charge is 0.380 e. The molecule has 0 fully saturated rings. The van der Waals surface area contributed by atoms with Gasteiger partial charge in [0.1, 0.15) is 0 Å². The highest BCUT2D eigenvalue weighted by atomic mass is 16.5. The predicted molar refractivity (Wildman–Crippen MR) is 57.4 cm³/mol. The van der Waals surface area contributed by atoms with Gasteiger partial charge in [-0.2, -0.15) is 0 Å². The number of hydrogen-bond donors (Lipinski definition) is 1. The van der Waals surface area contributed by atoms with Crippen LogP contribution >= 0.6 is 0 Å². The summed E-state index contributed by atoms with van der Waals surface area (Å²) in [5.74, 6) is 0. The standard InChI is InChI=1S/C10H22N2O2/c1-4-6-7-11-10(13)12(3)8-9-14-5-2/h4-9H2,1-3H3,(H,11,13). The van der Waals surface area contributed by atoms with Gasteiger partial charge in [0.05, 0.1) is 6.61 Å². The highest BCUT2D eigenvalue weighted by Crippen LogP contribution is 1.87. The van der Waals surface area contributed by atoms with Crippen LogP contribution in [-0.2, 0) is 4.74 Å². The summed E-state index contributed by atoms with van der Waals surface area (Å²) in [4.78, 5) is 13.0. The van der Waals surface area contributed by atoms with E-state index in [0.29, 0.717) is 19.8 Å². The van der Waals surface area contributed by atoms with Crippen molar-refractivity contribution in [3.63, 3.8) is 0 Å². The third-order valence-corrected chi connectivity index (χ3v) is 1.93. The van der Waals surface area contributed by atoms with Crippen LogP contribution in [0.1, 0.15) is 26.7 Å². The molecule has 0 heterocycles. The molecule has 0 aliphatic heterocycles. The summed E-state index contributed by atoms with van der Waals surface area (Å²) >= 11 is 0. The summed E-state index contributed by atoms with van der Waals surface area (Å²) in [7, 11) is 1.78. The Hall–Kier alpha value is -0.770. The molecule has 0 aromatic heterocycles. The number of urea groups is 1. The maximum atomic E-state index is 11.4. The highest BCUT2D eigenvalue weighted by Gasteiger charge is 2.05. The summed E-state index contributed by atoms with van der Waals surface area (Å²) in [6.07, 6.45) is 2.13. The maximum absolute atomic E-state index is 11.4. The quantitative estimate of drug-likeness (QED) is 0.635. The molecule has 0 spiro atoms. The number of carbonyl (C=O) groups excluding carboxylic acids is 1. The average Bonchev–Trinajstić information content (AvgIpc) is 2.18. The molecule has 4 heteroatoms. The lowest BCUT2D eigenvalue weighted by Gasteiger charge is -2.17. The molecule has 4 nitrogen and oxygen atoms in total. The summed E-state index contributed by atoms with van der Waals surface area (Å²) < 4.78 is 5.16. The average molecular weight is 202 g/mol. The first-order valence-corrected chi connectivity index (χ1v) is 5.29. The zero-order valence-electron chi connectivity index (χ0n) is 9.51. The molecule has 84 valence electrons. The van der Waals surface area contributed by atoms with Gasteiger partial charge in [-0.25, -0.2) is 4.79 Å². The van der Waals surface area contributed by atoms with Gasteiger partial charge in [-0.15, -0.1) is 0 Å². The van der Waals surface area contributed by atoms with Gasteiger partial charge in [-0.1, -0.05) is 13.3 Å². The molecule has 14 heavy (non-hydrogen) atoms. The fraction of sp³-hybridized carbons (Fsp3) is 0.900. The Kier molecular flexibility index (Phi) is 8.33. The lowest BCUT2D eigenvalue weighted by Crippen LogP contribution is -2.39. The van der Waals surface area contributed by atoms with E-state index >= 15 is 0 Å². The Morgan fingerprint density at radius 2 is 2.14 bits per heavy atom. The number of nitrogens with one attached hydrogen (secondary N) is 1. The van der Waals surface area contributed by atoms with Crippen LogP contribution < -0.4 is 5.32 Å². The van der Waals surface area contributed by atoms with E-state index in [4.69, 9.17) is 4.74 Å². The van der Waals surface area contributed by atoms with Crippen molar-refractivity contribution in [2.75, 3.05) is 33.4 Å². The van der Waals surface area contributed by atoms with Crippen molar-refractivity contribution in [3.8, 4) is 0 Å². The molecule has 0 aliphatic carbocycles. The van der Waals surface area contributed by atoms with Crippen LogP contribution in [0.3, 0.4) is 0 Å². The van der Waals surface area contributed by atoms with Gasteiger partial charge in [0.15, 0.2) is 0 Å². The minimum absolute atomic E-state index is 0.0156. The zero-order valence-corrected chi connectivity index (χ0v) is 9.51. The third-order valence-electron chi connectivity index (χ3n) is 1.93. The second kappa shape index (κ2) is 8.81. The topological polar surface area (TPSA) is 41.6 Å². The number of likely N-dealkylation sites (N-methyl/N-ethyl adjacent to an activating group) is 1. The summed E-state index contributed by atoms with van der Waals surface area (Å²) in [5.41, 5.74) is 0. The van der Waals surface area contributed by atoms with Crippen molar-refractivity contribution in [3.05, 3.63) is 0 Å². The predicted octanol–water partition coefficient (Wildman–Crippen LogP) is 1.46. The Labute approximate surface area is 86.6 Å². The van der Waals surface area contributed by atoms with Crippen molar-refractivity contribution in [2.45, 2.75) is 26.7 Å². The van der Waals surface area contributed by atoms with E-state index in [-0.39, 0.29) is 6.03 Å².